The minimum atomic E-state index is -4.57. The summed E-state index contributed by atoms with van der Waals surface area (Å²) < 4.78 is 42.9. The maximum absolute atomic E-state index is 13.9. The van der Waals surface area contributed by atoms with E-state index in [-0.39, 0.29) is 11.2 Å². The van der Waals surface area contributed by atoms with E-state index in [2.05, 4.69) is 19.9 Å². The van der Waals surface area contributed by atoms with Gasteiger partial charge in [-0.05, 0) is 26.5 Å². The maximum atomic E-state index is 13.9. The molecule has 0 atom stereocenters. The number of hydrogen-bond donors (Lipinski definition) is 0. The van der Waals surface area contributed by atoms with Crippen molar-refractivity contribution in [3.63, 3.8) is 0 Å². The molecule has 28 heavy (non-hydrogen) atoms. The van der Waals surface area contributed by atoms with Gasteiger partial charge in [-0.3, -0.25) is 0 Å². The van der Waals surface area contributed by atoms with Gasteiger partial charge in [-0.15, -0.1) is 0 Å². The number of rotatable bonds is 2. The Balaban J connectivity index is 1.96. The highest BCUT2D eigenvalue weighted by molar-refractivity contribution is 5.81. The van der Waals surface area contributed by atoms with Crippen LogP contribution in [0.3, 0.4) is 0 Å². The van der Waals surface area contributed by atoms with Gasteiger partial charge in [0.15, 0.2) is 11.3 Å². The van der Waals surface area contributed by atoms with E-state index in [1.165, 1.54) is 4.52 Å². The minimum Gasteiger partial charge on any atom is -0.354 e. The van der Waals surface area contributed by atoms with Crippen molar-refractivity contribution in [1.82, 2.24) is 19.5 Å². The molecular weight excluding hydrogens is 367 g/mol. The summed E-state index contributed by atoms with van der Waals surface area (Å²) in [6.45, 7) is 6.87. The molecule has 0 amide bonds. The summed E-state index contributed by atoms with van der Waals surface area (Å²) in [5.41, 5.74) is 1.50. The molecule has 0 aliphatic carbocycles. The summed E-state index contributed by atoms with van der Waals surface area (Å²) in [7, 11) is 2.04. The predicted octanol–water partition coefficient (Wildman–Crippen LogP) is 3.78. The average molecular weight is 389 g/mol. The van der Waals surface area contributed by atoms with Crippen molar-refractivity contribution in [2.75, 3.05) is 38.1 Å². The van der Waals surface area contributed by atoms with E-state index < -0.39 is 11.9 Å². The Labute approximate surface area is 161 Å². The van der Waals surface area contributed by atoms with Crippen LogP contribution in [0.25, 0.3) is 16.8 Å². The van der Waals surface area contributed by atoms with Crippen LogP contribution < -0.4 is 4.90 Å². The zero-order valence-electron chi connectivity index (χ0n) is 16.1. The van der Waals surface area contributed by atoms with E-state index in [1.807, 2.05) is 20.0 Å². The lowest BCUT2D eigenvalue weighted by atomic mass is 10.0. The number of benzene rings is 1. The van der Waals surface area contributed by atoms with Gasteiger partial charge in [0, 0.05) is 37.9 Å². The van der Waals surface area contributed by atoms with Crippen molar-refractivity contribution in [3.8, 4) is 11.1 Å². The molecule has 0 saturated carbocycles. The number of halogens is 3. The first kappa shape index (κ1) is 18.7. The highest BCUT2D eigenvalue weighted by Crippen LogP contribution is 2.39. The van der Waals surface area contributed by atoms with Crippen LogP contribution in [0.4, 0.5) is 19.0 Å². The van der Waals surface area contributed by atoms with Gasteiger partial charge in [-0.2, -0.15) is 22.8 Å². The SMILES string of the molecule is Cc1ccc(-c2c(C(F)(F)F)nn3c(N4CCN(C)CC4)cc(C)nc23)cc1. The number of nitrogens with zero attached hydrogens (tertiary/aromatic N) is 5. The van der Waals surface area contributed by atoms with Gasteiger partial charge in [0.1, 0.15) is 5.82 Å². The number of alkyl halides is 3. The molecular formula is C20H22F3N5. The molecule has 1 aromatic carbocycles. The Bertz CT molecular complexity index is 999. The van der Waals surface area contributed by atoms with E-state index in [0.29, 0.717) is 17.1 Å². The molecule has 1 saturated heterocycles. The Morgan fingerprint density at radius 3 is 2.21 bits per heavy atom. The second kappa shape index (κ2) is 6.77. The molecule has 8 heteroatoms. The summed E-state index contributed by atoms with van der Waals surface area (Å²) in [6, 6.07) is 8.80. The van der Waals surface area contributed by atoms with Crippen molar-refractivity contribution in [2.24, 2.45) is 0 Å². The third-order valence-electron chi connectivity index (χ3n) is 5.13. The molecule has 0 radical (unpaired) electrons. The highest BCUT2D eigenvalue weighted by atomic mass is 19.4. The molecule has 1 fully saturated rings. The van der Waals surface area contributed by atoms with E-state index >= 15 is 0 Å². The molecule has 0 spiro atoms. The molecule has 4 rings (SSSR count). The number of aryl methyl sites for hydroxylation is 2. The van der Waals surface area contributed by atoms with Crippen LogP contribution >= 0.6 is 0 Å². The fourth-order valence-corrected chi connectivity index (χ4v) is 3.56. The number of aromatic nitrogens is 3. The molecule has 5 nitrogen and oxygen atoms in total. The summed E-state index contributed by atoms with van der Waals surface area (Å²) >= 11 is 0. The first-order valence-corrected chi connectivity index (χ1v) is 9.22. The fourth-order valence-electron chi connectivity index (χ4n) is 3.56. The largest absolute Gasteiger partial charge is 0.435 e. The Morgan fingerprint density at radius 1 is 0.964 bits per heavy atom. The van der Waals surface area contributed by atoms with Crippen LogP contribution in [0.15, 0.2) is 30.3 Å². The van der Waals surface area contributed by atoms with Crippen molar-refractivity contribution in [2.45, 2.75) is 20.0 Å². The Kier molecular flexibility index (Phi) is 4.53. The van der Waals surface area contributed by atoms with Crippen LogP contribution in [0.5, 0.6) is 0 Å². The van der Waals surface area contributed by atoms with Crippen LogP contribution in [0.2, 0.25) is 0 Å². The predicted molar refractivity (Wildman–Crippen MR) is 103 cm³/mol. The molecule has 148 valence electrons. The first-order valence-electron chi connectivity index (χ1n) is 9.22. The van der Waals surface area contributed by atoms with Crippen LogP contribution in [-0.4, -0.2) is 52.7 Å². The van der Waals surface area contributed by atoms with Gasteiger partial charge in [-0.25, -0.2) is 4.98 Å². The number of piperazine rings is 1. The summed E-state index contributed by atoms with van der Waals surface area (Å²) in [4.78, 5) is 8.72. The van der Waals surface area contributed by atoms with Gasteiger partial charge in [0.05, 0.1) is 5.56 Å². The average Bonchev–Trinajstić information content (AvgIpc) is 3.02. The third kappa shape index (κ3) is 3.32. The quantitative estimate of drug-likeness (QED) is 0.668. The van der Waals surface area contributed by atoms with E-state index in [1.54, 1.807) is 31.2 Å². The Hall–Kier alpha value is -2.61. The standard InChI is InChI=1S/C20H22F3N5/c1-13-4-6-15(7-5-13)17-18(20(21,22)23)25-28-16(12-14(2)24-19(17)28)27-10-8-26(3)9-11-27/h4-7,12H,8-11H2,1-3H3. The minimum absolute atomic E-state index is 0.0339. The lowest BCUT2D eigenvalue weighted by Gasteiger charge is -2.34. The molecule has 2 aromatic heterocycles. The Morgan fingerprint density at radius 2 is 1.61 bits per heavy atom. The van der Waals surface area contributed by atoms with Gasteiger partial charge in [0.2, 0.25) is 0 Å². The monoisotopic (exact) mass is 389 g/mol. The van der Waals surface area contributed by atoms with Crippen molar-refractivity contribution in [3.05, 3.63) is 47.3 Å². The molecule has 3 aromatic rings. The molecule has 1 aliphatic rings. The summed E-state index contributed by atoms with van der Waals surface area (Å²) in [5, 5.41) is 3.99. The van der Waals surface area contributed by atoms with Gasteiger partial charge in [0.25, 0.3) is 0 Å². The van der Waals surface area contributed by atoms with Crippen molar-refractivity contribution < 1.29 is 13.2 Å². The van der Waals surface area contributed by atoms with Gasteiger partial charge >= 0.3 is 6.18 Å². The lowest BCUT2D eigenvalue weighted by molar-refractivity contribution is -0.140. The zero-order valence-corrected chi connectivity index (χ0v) is 16.1. The highest BCUT2D eigenvalue weighted by Gasteiger charge is 2.39. The molecule has 0 unspecified atom stereocenters. The summed E-state index contributed by atoms with van der Waals surface area (Å²) in [5.74, 6) is 0.652. The fraction of sp³-hybridized carbons (Fsp3) is 0.400. The number of fused-ring (bicyclic) bond motifs is 1. The van der Waals surface area contributed by atoms with Gasteiger partial charge in [-0.1, -0.05) is 29.8 Å². The van der Waals surface area contributed by atoms with Crippen LogP contribution in [0.1, 0.15) is 17.0 Å². The van der Waals surface area contributed by atoms with Crippen molar-refractivity contribution in [1.29, 1.82) is 0 Å². The first-order chi connectivity index (χ1) is 13.2. The van der Waals surface area contributed by atoms with E-state index in [9.17, 15) is 13.2 Å². The normalized spacial score (nSPS) is 16.1. The van der Waals surface area contributed by atoms with E-state index in [4.69, 9.17) is 0 Å². The van der Waals surface area contributed by atoms with E-state index in [0.717, 1.165) is 31.7 Å². The smallest absolute Gasteiger partial charge is 0.354 e. The van der Waals surface area contributed by atoms with Crippen LogP contribution in [0, 0.1) is 13.8 Å². The number of hydrogen-bond acceptors (Lipinski definition) is 4. The number of likely N-dealkylation sites (N-methyl/N-ethyl adjacent to an activating group) is 1. The zero-order chi connectivity index (χ0) is 20.1. The lowest BCUT2D eigenvalue weighted by Crippen LogP contribution is -2.45. The topological polar surface area (TPSA) is 36.7 Å². The third-order valence-corrected chi connectivity index (χ3v) is 5.13. The second-order valence-electron chi connectivity index (χ2n) is 7.37. The maximum Gasteiger partial charge on any atom is 0.435 e. The van der Waals surface area contributed by atoms with Crippen molar-refractivity contribution >= 4 is 11.5 Å². The molecule has 0 bridgehead atoms. The summed E-state index contributed by atoms with van der Waals surface area (Å²) in [6.07, 6.45) is -4.57. The number of anilines is 1. The molecule has 3 heterocycles. The molecule has 0 N–H and O–H groups in total. The van der Waals surface area contributed by atoms with Gasteiger partial charge < -0.3 is 9.80 Å². The van der Waals surface area contributed by atoms with Crippen LogP contribution in [-0.2, 0) is 6.18 Å². The second-order valence-corrected chi connectivity index (χ2v) is 7.37. The molecule has 1 aliphatic heterocycles.